The van der Waals surface area contributed by atoms with Crippen LogP contribution in [-0.2, 0) is 9.53 Å². The van der Waals surface area contributed by atoms with E-state index in [4.69, 9.17) is 9.72 Å². The number of hydrogen-bond donors (Lipinski definition) is 0. The average Bonchev–Trinajstić information content (AvgIpc) is 3.39. The Bertz CT molecular complexity index is 987. The number of amides is 1. The van der Waals surface area contributed by atoms with Crippen LogP contribution in [0.15, 0.2) is 46.3 Å². The second-order valence-electron chi connectivity index (χ2n) is 6.75. The number of benzene rings is 1. The molecule has 0 radical (unpaired) electrons. The summed E-state index contributed by atoms with van der Waals surface area (Å²) < 4.78 is 7.51. The van der Waals surface area contributed by atoms with Gasteiger partial charge in [-0.05, 0) is 42.1 Å². The number of hydrogen-bond acceptors (Lipinski definition) is 6. The predicted octanol–water partition coefficient (Wildman–Crippen LogP) is 5.31. The van der Waals surface area contributed by atoms with Gasteiger partial charge in [-0.2, -0.15) is 0 Å². The smallest absolute Gasteiger partial charge is 0.252 e. The molecule has 0 aliphatic carbocycles. The average molecular weight is 529 g/mol. The van der Waals surface area contributed by atoms with Gasteiger partial charge in [0.25, 0.3) is 5.91 Å². The molecule has 3 aromatic rings. The van der Waals surface area contributed by atoms with E-state index < -0.39 is 0 Å². The molecular weight excluding hydrogens is 506 g/mol. The summed E-state index contributed by atoms with van der Waals surface area (Å²) in [4.78, 5) is 23.0. The van der Waals surface area contributed by atoms with E-state index in [1.165, 1.54) is 0 Å². The molecule has 0 N–H and O–H groups in total. The third-order valence-corrected chi connectivity index (χ3v) is 7.10. The quantitative estimate of drug-likeness (QED) is 0.390. The van der Waals surface area contributed by atoms with Crippen LogP contribution < -0.4 is 4.90 Å². The van der Waals surface area contributed by atoms with Crippen LogP contribution in [0.5, 0.6) is 0 Å². The molecule has 0 spiro atoms. The molecular formula is C21H23BrClN3O2S2. The SMILES string of the molecule is Cl.O=C(/C=C/c1cccs1)N(CCCN1CCOCC1)c1nc2ccc(Br)cc2s1. The molecule has 0 saturated carbocycles. The normalized spacial score (nSPS) is 14.8. The van der Waals surface area contributed by atoms with Gasteiger partial charge in [-0.3, -0.25) is 14.6 Å². The van der Waals surface area contributed by atoms with E-state index in [9.17, 15) is 4.79 Å². The number of carbonyl (C=O) groups excluding carboxylic acids is 1. The van der Waals surface area contributed by atoms with Crippen LogP contribution >= 0.6 is 51.0 Å². The van der Waals surface area contributed by atoms with Gasteiger partial charge in [-0.25, -0.2) is 4.98 Å². The minimum Gasteiger partial charge on any atom is -0.379 e. The van der Waals surface area contributed by atoms with Crippen LogP contribution in [0.3, 0.4) is 0 Å². The highest BCUT2D eigenvalue weighted by Crippen LogP contribution is 2.31. The summed E-state index contributed by atoms with van der Waals surface area (Å²) in [6, 6.07) is 10.0. The summed E-state index contributed by atoms with van der Waals surface area (Å²) in [7, 11) is 0. The number of anilines is 1. The van der Waals surface area contributed by atoms with Gasteiger partial charge in [-0.1, -0.05) is 33.3 Å². The van der Waals surface area contributed by atoms with Gasteiger partial charge in [0.2, 0.25) is 0 Å². The van der Waals surface area contributed by atoms with Gasteiger partial charge < -0.3 is 4.74 Å². The van der Waals surface area contributed by atoms with Gasteiger partial charge in [-0.15, -0.1) is 23.7 Å². The number of carbonyl (C=O) groups is 1. The number of thiophene rings is 1. The lowest BCUT2D eigenvalue weighted by Crippen LogP contribution is -2.39. The zero-order valence-corrected chi connectivity index (χ0v) is 20.4. The van der Waals surface area contributed by atoms with Crippen molar-refractivity contribution in [1.82, 2.24) is 9.88 Å². The van der Waals surface area contributed by atoms with Gasteiger partial charge >= 0.3 is 0 Å². The van der Waals surface area contributed by atoms with Crippen molar-refractivity contribution in [3.05, 3.63) is 51.1 Å². The van der Waals surface area contributed by atoms with Crippen molar-refractivity contribution >= 4 is 78.3 Å². The minimum atomic E-state index is -0.0292. The van der Waals surface area contributed by atoms with Gasteiger partial charge in [0.1, 0.15) is 0 Å². The van der Waals surface area contributed by atoms with E-state index >= 15 is 0 Å². The maximum atomic E-state index is 13.0. The number of nitrogens with zero attached hydrogens (tertiary/aromatic N) is 3. The molecule has 1 amide bonds. The Morgan fingerprint density at radius 1 is 1.30 bits per heavy atom. The number of aromatic nitrogens is 1. The topological polar surface area (TPSA) is 45.7 Å². The molecule has 9 heteroatoms. The zero-order valence-electron chi connectivity index (χ0n) is 16.3. The van der Waals surface area contributed by atoms with Crippen molar-refractivity contribution in [1.29, 1.82) is 0 Å². The highest BCUT2D eigenvalue weighted by atomic mass is 79.9. The zero-order chi connectivity index (χ0) is 20.1. The van der Waals surface area contributed by atoms with Crippen molar-refractivity contribution < 1.29 is 9.53 Å². The highest BCUT2D eigenvalue weighted by Gasteiger charge is 2.19. The maximum absolute atomic E-state index is 13.0. The van der Waals surface area contributed by atoms with E-state index in [0.29, 0.717) is 6.54 Å². The molecule has 0 bridgehead atoms. The lowest BCUT2D eigenvalue weighted by Gasteiger charge is -2.27. The lowest BCUT2D eigenvalue weighted by molar-refractivity contribution is -0.114. The third-order valence-electron chi connectivity index (χ3n) is 4.73. The fourth-order valence-corrected chi connectivity index (χ4v) is 5.38. The first kappa shape index (κ1) is 23.4. The van der Waals surface area contributed by atoms with Crippen molar-refractivity contribution in [3.8, 4) is 0 Å². The van der Waals surface area contributed by atoms with E-state index in [1.807, 2.05) is 46.7 Å². The Hall–Kier alpha value is -1.29. The molecule has 0 unspecified atom stereocenters. The summed E-state index contributed by atoms with van der Waals surface area (Å²) in [5.41, 5.74) is 0.918. The van der Waals surface area contributed by atoms with Crippen LogP contribution in [-0.4, -0.2) is 55.2 Å². The maximum Gasteiger partial charge on any atom is 0.252 e. The van der Waals surface area contributed by atoms with E-state index in [0.717, 1.165) is 64.0 Å². The molecule has 1 fully saturated rings. The molecule has 1 aromatic carbocycles. The van der Waals surface area contributed by atoms with Crippen molar-refractivity contribution in [3.63, 3.8) is 0 Å². The molecule has 1 aliphatic rings. The number of ether oxygens (including phenoxy) is 1. The standard InChI is InChI=1S/C21H22BrN3O2S2.ClH/c22-16-4-6-18-19(15-16)29-21(23-18)25(9-2-8-24-10-12-27-13-11-24)20(26)7-5-17-3-1-14-28-17;/h1,3-7,14-15H,2,8-13H2;1H/b7-5+;. The Labute approximate surface area is 198 Å². The van der Waals surface area contributed by atoms with Crippen LogP contribution in [0.2, 0.25) is 0 Å². The number of fused-ring (bicyclic) bond motifs is 1. The summed E-state index contributed by atoms with van der Waals surface area (Å²) in [5.74, 6) is -0.0292. The van der Waals surface area contributed by atoms with Crippen molar-refractivity contribution in [2.24, 2.45) is 0 Å². The van der Waals surface area contributed by atoms with Crippen LogP contribution in [0.25, 0.3) is 16.3 Å². The Balaban J connectivity index is 0.00000256. The van der Waals surface area contributed by atoms with Crippen LogP contribution in [0, 0.1) is 0 Å². The molecule has 160 valence electrons. The van der Waals surface area contributed by atoms with Crippen molar-refractivity contribution in [2.45, 2.75) is 6.42 Å². The van der Waals surface area contributed by atoms with Crippen molar-refractivity contribution in [2.75, 3.05) is 44.3 Å². The molecule has 2 aromatic heterocycles. The Morgan fingerprint density at radius 2 is 2.13 bits per heavy atom. The number of morpholine rings is 1. The number of halogens is 2. The van der Waals surface area contributed by atoms with Gasteiger partial charge in [0.05, 0.1) is 23.4 Å². The fraction of sp³-hybridized carbons (Fsp3) is 0.333. The Kier molecular flexibility index (Phi) is 8.85. The number of thiazole rings is 1. The largest absolute Gasteiger partial charge is 0.379 e. The molecule has 4 rings (SSSR count). The monoisotopic (exact) mass is 527 g/mol. The molecule has 5 nitrogen and oxygen atoms in total. The van der Waals surface area contributed by atoms with E-state index in [1.54, 1.807) is 28.7 Å². The summed E-state index contributed by atoms with van der Waals surface area (Å²) >= 11 is 6.69. The molecule has 30 heavy (non-hydrogen) atoms. The summed E-state index contributed by atoms with van der Waals surface area (Å²) in [6.07, 6.45) is 4.44. The highest BCUT2D eigenvalue weighted by molar-refractivity contribution is 9.10. The second-order valence-corrected chi connectivity index (χ2v) is 9.66. The van der Waals surface area contributed by atoms with E-state index in [-0.39, 0.29) is 18.3 Å². The predicted molar refractivity (Wildman–Crippen MR) is 132 cm³/mol. The summed E-state index contributed by atoms with van der Waals surface area (Å²) in [5, 5.41) is 2.76. The first-order valence-electron chi connectivity index (χ1n) is 9.58. The van der Waals surface area contributed by atoms with Gasteiger partial charge in [0.15, 0.2) is 5.13 Å². The van der Waals surface area contributed by atoms with Gasteiger partial charge in [0, 0.05) is 41.6 Å². The minimum absolute atomic E-state index is 0. The molecule has 0 atom stereocenters. The first-order valence-corrected chi connectivity index (χ1v) is 12.1. The first-order chi connectivity index (χ1) is 14.2. The van der Waals surface area contributed by atoms with Crippen LogP contribution in [0.4, 0.5) is 5.13 Å². The summed E-state index contributed by atoms with van der Waals surface area (Å²) in [6.45, 7) is 5.10. The molecule has 3 heterocycles. The van der Waals surface area contributed by atoms with Crippen LogP contribution in [0.1, 0.15) is 11.3 Å². The second kappa shape index (κ2) is 11.4. The molecule has 1 saturated heterocycles. The number of rotatable bonds is 7. The lowest BCUT2D eigenvalue weighted by atomic mass is 10.3. The third kappa shape index (κ3) is 6.12. The fourth-order valence-electron chi connectivity index (χ4n) is 3.21. The van der Waals surface area contributed by atoms with E-state index in [2.05, 4.69) is 20.8 Å². The Morgan fingerprint density at radius 3 is 2.90 bits per heavy atom. The molecule has 1 aliphatic heterocycles.